The molecule has 102 valence electrons. The number of alkyl halides is 3. The molecule has 1 N–H and O–H groups in total. The summed E-state index contributed by atoms with van der Waals surface area (Å²) in [7, 11) is 0. The predicted octanol–water partition coefficient (Wildman–Crippen LogP) is 4.05. The summed E-state index contributed by atoms with van der Waals surface area (Å²) in [5.41, 5.74) is 0.630. The van der Waals surface area contributed by atoms with Crippen LogP contribution < -0.4 is 5.32 Å². The lowest BCUT2D eigenvalue weighted by molar-refractivity contribution is -0.158. The summed E-state index contributed by atoms with van der Waals surface area (Å²) >= 11 is 0. The number of aryl methyl sites for hydroxylation is 2. The van der Waals surface area contributed by atoms with E-state index in [1.54, 1.807) is 19.9 Å². The molecule has 18 heavy (non-hydrogen) atoms. The summed E-state index contributed by atoms with van der Waals surface area (Å²) in [6, 6.07) is 0.748. The zero-order chi connectivity index (χ0) is 13.9. The van der Waals surface area contributed by atoms with Crippen LogP contribution in [0.1, 0.15) is 36.1 Å². The Morgan fingerprint density at radius 2 is 1.83 bits per heavy atom. The molecule has 1 atom stereocenters. The SMILES string of the molecule is CCCNC(c1c(C)cc(C)cc1F)C(F)(F)F. The summed E-state index contributed by atoms with van der Waals surface area (Å²) in [5, 5.41) is 2.36. The van der Waals surface area contributed by atoms with Crippen LogP contribution in [-0.4, -0.2) is 12.7 Å². The minimum Gasteiger partial charge on any atom is -0.302 e. The maximum atomic E-state index is 13.8. The largest absolute Gasteiger partial charge is 0.408 e. The van der Waals surface area contributed by atoms with Crippen molar-refractivity contribution in [3.8, 4) is 0 Å². The van der Waals surface area contributed by atoms with Gasteiger partial charge in [-0.05, 0) is 44.0 Å². The third-order valence-electron chi connectivity index (χ3n) is 2.70. The Balaban J connectivity index is 3.21. The first-order valence-corrected chi connectivity index (χ1v) is 5.84. The number of rotatable bonds is 4. The van der Waals surface area contributed by atoms with Gasteiger partial charge in [-0.2, -0.15) is 13.2 Å². The van der Waals surface area contributed by atoms with Gasteiger partial charge in [0.05, 0.1) is 0 Å². The van der Waals surface area contributed by atoms with Gasteiger partial charge >= 0.3 is 6.18 Å². The van der Waals surface area contributed by atoms with Gasteiger partial charge in [0.25, 0.3) is 0 Å². The van der Waals surface area contributed by atoms with Crippen molar-refractivity contribution in [2.45, 2.75) is 39.4 Å². The van der Waals surface area contributed by atoms with Gasteiger partial charge in [-0.1, -0.05) is 13.0 Å². The molecule has 0 saturated carbocycles. The first kappa shape index (κ1) is 15.0. The fourth-order valence-electron chi connectivity index (χ4n) is 1.96. The summed E-state index contributed by atoms with van der Waals surface area (Å²) in [5.74, 6) is -0.807. The smallest absolute Gasteiger partial charge is 0.302 e. The highest BCUT2D eigenvalue weighted by Gasteiger charge is 2.42. The standard InChI is InChI=1S/C13H17F4N/c1-4-5-18-12(13(15,16)17)11-9(3)6-8(2)7-10(11)14/h6-7,12,18H,4-5H2,1-3H3. The van der Waals surface area contributed by atoms with Crippen molar-refractivity contribution in [2.75, 3.05) is 6.54 Å². The zero-order valence-electron chi connectivity index (χ0n) is 10.7. The molecule has 5 heteroatoms. The van der Waals surface area contributed by atoms with E-state index >= 15 is 0 Å². The van der Waals surface area contributed by atoms with Crippen LogP contribution in [0.4, 0.5) is 17.6 Å². The van der Waals surface area contributed by atoms with Gasteiger partial charge in [0.15, 0.2) is 0 Å². The van der Waals surface area contributed by atoms with E-state index in [2.05, 4.69) is 5.32 Å². The predicted molar refractivity (Wildman–Crippen MR) is 63.0 cm³/mol. The van der Waals surface area contributed by atoms with Crippen LogP contribution >= 0.6 is 0 Å². The lowest BCUT2D eigenvalue weighted by Gasteiger charge is -2.24. The number of hydrogen-bond acceptors (Lipinski definition) is 1. The van der Waals surface area contributed by atoms with E-state index in [9.17, 15) is 17.6 Å². The molecule has 0 bridgehead atoms. The summed E-state index contributed by atoms with van der Waals surface area (Å²) in [4.78, 5) is 0. The third-order valence-corrected chi connectivity index (χ3v) is 2.70. The fourth-order valence-corrected chi connectivity index (χ4v) is 1.96. The van der Waals surface area contributed by atoms with E-state index in [0.717, 1.165) is 6.07 Å². The van der Waals surface area contributed by atoms with Crippen molar-refractivity contribution in [2.24, 2.45) is 0 Å². The molecule has 0 aliphatic carbocycles. The van der Waals surface area contributed by atoms with E-state index in [0.29, 0.717) is 17.5 Å². The molecule has 0 aliphatic rings. The Morgan fingerprint density at radius 1 is 1.22 bits per heavy atom. The quantitative estimate of drug-likeness (QED) is 0.808. The van der Waals surface area contributed by atoms with Crippen molar-refractivity contribution < 1.29 is 17.6 Å². The Hall–Kier alpha value is -1.10. The zero-order valence-corrected chi connectivity index (χ0v) is 10.7. The van der Waals surface area contributed by atoms with Crippen LogP contribution in [-0.2, 0) is 0 Å². The molecular weight excluding hydrogens is 246 g/mol. The van der Waals surface area contributed by atoms with Crippen molar-refractivity contribution in [1.82, 2.24) is 5.32 Å². The second-order valence-corrected chi connectivity index (χ2v) is 4.41. The lowest BCUT2D eigenvalue weighted by atomic mass is 9.98. The average molecular weight is 263 g/mol. The third kappa shape index (κ3) is 3.45. The van der Waals surface area contributed by atoms with Crippen molar-refractivity contribution in [1.29, 1.82) is 0 Å². The Labute approximate surface area is 104 Å². The van der Waals surface area contributed by atoms with E-state index < -0.39 is 18.0 Å². The van der Waals surface area contributed by atoms with Crippen LogP contribution in [0.15, 0.2) is 12.1 Å². The van der Waals surface area contributed by atoms with E-state index in [-0.39, 0.29) is 12.1 Å². The maximum Gasteiger partial charge on any atom is 0.408 e. The molecule has 1 aromatic rings. The van der Waals surface area contributed by atoms with Gasteiger partial charge in [0.2, 0.25) is 0 Å². The molecule has 1 unspecified atom stereocenters. The van der Waals surface area contributed by atoms with E-state index in [4.69, 9.17) is 0 Å². The number of hydrogen-bond donors (Lipinski definition) is 1. The minimum absolute atomic E-state index is 0.191. The van der Waals surface area contributed by atoms with Gasteiger partial charge in [-0.3, -0.25) is 0 Å². The molecular formula is C13H17F4N. The van der Waals surface area contributed by atoms with Crippen LogP contribution in [0.25, 0.3) is 0 Å². The molecule has 0 saturated heterocycles. The summed E-state index contributed by atoms with van der Waals surface area (Å²) in [6.07, 6.45) is -3.95. The van der Waals surface area contributed by atoms with Gasteiger partial charge < -0.3 is 5.32 Å². The minimum atomic E-state index is -4.50. The highest BCUT2D eigenvalue weighted by Crippen LogP contribution is 2.36. The molecule has 0 spiro atoms. The molecule has 0 amide bonds. The molecule has 1 rings (SSSR count). The summed E-state index contributed by atoms with van der Waals surface area (Å²) in [6.45, 7) is 5.11. The Morgan fingerprint density at radius 3 is 2.28 bits per heavy atom. The van der Waals surface area contributed by atoms with Crippen LogP contribution in [0.2, 0.25) is 0 Å². The van der Waals surface area contributed by atoms with Gasteiger partial charge in [0, 0.05) is 5.56 Å². The monoisotopic (exact) mass is 263 g/mol. The normalized spacial score (nSPS) is 13.7. The highest BCUT2D eigenvalue weighted by atomic mass is 19.4. The molecule has 0 aromatic heterocycles. The topological polar surface area (TPSA) is 12.0 Å². The van der Waals surface area contributed by atoms with Gasteiger partial charge in [-0.25, -0.2) is 4.39 Å². The number of nitrogens with one attached hydrogen (secondary N) is 1. The van der Waals surface area contributed by atoms with Crippen molar-refractivity contribution >= 4 is 0 Å². The van der Waals surface area contributed by atoms with Crippen molar-refractivity contribution in [3.63, 3.8) is 0 Å². The molecule has 0 aliphatic heterocycles. The van der Waals surface area contributed by atoms with Crippen molar-refractivity contribution in [3.05, 3.63) is 34.6 Å². The number of benzene rings is 1. The van der Waals surface area contributed by atoms with Crippen LogP contribution in [0, 0.1) is 19.7 Å². The molecule has 1 aromatic carbocycles. The fraction of sp³-hybridized carbons (Fsp3) is 0.538. The Kier molecular flexibility index (Phi) is 4.73. The molecule has 1 nitrogen and oxygen atoms in total. The first-order valence-electron chi connectivity index (χ1n) is 5.84. The highest BCUT2D eigenvalue weighted by molar-refractivity contribution is 5.35. The second-order valence-electron chi connectivity index (χ2n) is 4.41. The van der Waals surface area contributed by atoms with Gasteiger partial charge in [0.1, 0.15) is 11.9 Å². The van der Waals surface area contributed by atoms with Crippen LogP contribution in [0.5, 0.6) is 0 Å². The molecule has 0 fully saturated rings. The number of halogens is 4. The molecule has 0 heterocycles. The second kappa shape index (κ2) is 5.69. The van der Waals surface area contributed by atoms with E-state index in [1.165, 1.54) is 6.92 Å². The van der Waals surface area contributed by atoms with Gasteiger partial charge in [-0.15, -0.1) is 0 Å². The van der Waals surface area contributed by atoms with E-state index in [1.807, 2.05) is 0 Å². The summed E-state index contributed by atoms with van der Waals surface area (Å²) < 4.78 is 52.7. The average Bonchev–Trinajstić information content (AvgIpc) is 2.19. The maximum absolute atomic E-state index is 13.8. The lowest BCUT2D eigenvalue weighted by Crippen LogP contribution is -2.35. The Bertz CT molecular complexity index is 389. The molecule has 0 radical (unpaired) electrons. The van der Waals surface area contributed by atoms with Crippen LogP contribution in [0.3, 0.4) is 0 Å². The first-order chi connectivity index (χ1) is 8.27.